The van der Waals surface area contributed by atoms with Crippen molar-refractivity contribution in [2.24, 2.45) is 0 Å². The van der Waals surface area contributed by atoms with Gasteiger partial charge in [-0.05, 0) is 68.1 Å². The summed E-state index contributed by atoms with van der Waals surface area (Å²) in [5.74, 6) is -0.270. The molecule has 1 amide bonds. The number of H-pyrrole nitrogens is 1. The van der Waals surface area contributed by atoms with Crippen LogP contribution in [0, 0.1) is 13.8 Å². The highest BCUT2D eigenvalue weighted by molar-refractivity contribution is 6.37. The summed E-state index contributed by atoms with van der Waals surface area (Å²) in [5.41, 5.74) is 6.59. The number of carbonyl (C=O) groups excluding carboxylic acids is 1. The molecule has 1 aliphatic rings. The van der Waals surface area contributed by atoms with Gasteiger partial charge in [-0.3, -0.25) is 14.5 Å². The fraction of sp³-hybridized carbons (Fsp3) is 0.355. The maximum absolute atomic E-state index is 13.6. The molecule has 2 aromatic carbocycles. The van der Waals surface area contributed by atoms with Gasteiger partial charge in [-0.15, -0.1) is 0 Å². The Bertz CT molecular complexity index is 1560. The molecule has 1 fully saturated rings. The fourth-order valence-electron chi connectivity index (χ4n) is 5.30. The zero-order valence-corrected chi connectivity index (χ0v) is 23.7. The molecular weight excluding hydrogens is 512 g/mol. The molecule has 4 aromatic rings. The van der Waals surface area contributed by atoms with Crippen LogP contribution in [0.1, 0.15) is 52.6 Å². The first-order valence-corrected chi connectivity index (χ1v) is 13.8. The SMILES string of the molecule is Cc1cc(C)c(CNC(=O)c2cc(-c3ccc(CN4CCOCC4)cc3)cc3c2c(Cl)cn3C(C)C)c(=O)[nH]1. The smallest absolute Gasteiger partial charge is 0.253 e. The van der Waals surface area contributed by atoms with Crippen molar-refractivity contribution in [2.45, 2.75) is 46.8 Å². The lowest BCUT2D eigenvalue weighted by Gasteiger charge is -2.26. The number of carbonyl (C=O) groups is 1. The number of benzene rings is 2. The Morgan fingerprint density at radius 1 is 1.08 bits per heavy atom. The summed E-state index contributed by atoms with van der Waals surface area (Å²) < 4.78 is 7.56. The number of hydrogen-bond donors (Lipinski definition) is 2. The maximum atomic E-state index is 13.6. The molecule has 39 heavy (non-hydrogen) atoms. The van der Waals surface area contributed by atoms with Crippen LogP contribution in [0.3, 0.4) is 0 Å². The first kappa shape index (κ1) is 27.2. The Labute approximate surface area is 233 Å². The van der Waals surface area contributed by atoms with Gasteiger partial charge in [0.05, 0.1) is 29.3 Å². The zero-order valence-electron chi connectivity index (χ0n) is 22.9. The van der Waals surface area contributed by atoms with E-state index >= 15 is 0 Å². The Kier molecular flexibility index (Phi) is 7.93. The summed E-state index contributed by atoms with van der Waals surface area (Å²) >= 11 is 6.70. The fourth-order valence-corrected chi connectivity index (χ4v) is 5.60. The van der Waals surface area contributed by atoms with E-state index in [0.29, 0.717) is 21.5 Å². The van der Waals surface area contributed by atoms with Crippen LogP contribution in [0.25, 0.3) is 22.0 Å². The number of hydrogen-bond acceptors (Lipinski definition) is 4. The topological polar surface area (TPSA) is 79.4 Å². The summed E-state index contributed by atoms with van der Waals surface area (Å²) in [7, 11) is 0. The van der Waals surface area contributed by atoms with Crippen molar-refractivity contribution >= 4 is 28.4 Å². The molecule has 1 saturated heterocycles. The molecule has 5 rings (SSSR count). The average molecular weight is 547 g/mol. The van der Waals surface area contributed by atoms with Crippen molar-refractivity contribution < 1.29 is 9.53 Å². The second-order valence-corrected chi connectivity index (χ2v) is 11.0. The second-order valence-electron chi connectivity index (χ2n) is 10.6. The molecule has 0 unspecified atom stereocenters. The molecule has 1 aliphatic heterocycles. The number of halogens is 1. The second kappa shape index (κ2) is 11.4. The maximum Gasteiger partial charge on any atom is 0.253 e. The Hall–Kier alpha value is -3.39. The standard InChI is InChI=1S/C31H35ClN4O3/c1-19(2)36-18-27(32)29-25(30(37)33-16-26-20(3)13-21(4)34-31(26)38)14-24(15-28(29)36)23-7-5-22(6-8-23)17-35-9-11-39-12-10-35/h5-8,13-15,18-19H,9-12,16-17H2,1-4H3,(H,33,37)(H,34,38). The Balaban J connectivity index is 1.49. The monoisotopic (exact) mass is 546 g/mol. The summed E-state index contributed by atoms with van der Waals surface area (Å²) in [4.78, 5) is 31.3. The predicted molar refractivity (Wildman–Crippen MR) is 157 cm³/mol. The number of rotatable bonds is 7. The zero-order chi connectivity index (χ0) is 27.7. The molecule has 0 atom stereocenters. The number of nitrogens with one attached hydrogen (secondary N) is 2. The lowest BCUT2D eigenvalue weighted by atomic mass is 9.98. The van der Waals surface area contributed by atoms with Gasteiger partial charge in [0.2, 0.25) is 0 Å². The minimum absolute atomic E-state index is 0.130. The van der Waals surface area contributed by atoms with Gasteiger partial charge in [-0.25, -0.2) is 0 Å². The van der Waals surface area contributed by atoms with Gasteiger partial charge in [-0.1, -0.05) is 35.9 Å². The van der Waals surface area contributed by atoms with E-state index in [1.807, 2.05) is 32.2 Å². The first-order valence-electron chi connectivity index (χ1n) is 13.4. The van der Waals surface area contributed by atoms with Gasteiger partial charge in [0.1, 0.15) is 0 Å². The number of pyridine rings is 1. The van der Waals surface area contributed by atoms with Crippen LogP contribution in [-0.2, 0) is 17.8 Å². The van der Waals surface area contributed by atoms with E-state index < -0.39 is 0 Å². The van der Waals surface area contributed by atoms with Crippen LogP contribution in [0.2, 0.25) is 5.02 Å². The summed E-state index contributed by atoms with van der Waals surface area (Å²) in [6.07, 6.45) is 1.89. The van der Waals surface area contributed by atoms with Crippen LogP contribution in [-0.4, -0.2) is 46.7 Å². The highest BCUT2D eigenvalue weighted by Crippen LogP contribution is 2.35. The quantitative estimate of drug-likeness (QED) is 0.316. The molecule has 8 heteroatoms. The molecule has 0 aliphatic carbocycles. The first-order chi connectivity index (χ1) is 18.7. The van der Waals surface area contributed by atoms with Crippen molar-refractivity contribution in [1.82, 2.24) is 19.8 Å². The van der Waals surface area contributed by atoms with Crippen molar-refractivity contribution in [3.63, 3.8) is 0 Å². The third-order valence-electron chi connectivity index (χ3n) is 7.40. The van der Waals surface area contributed by atoms with E-state index in [2.05, 4.69) is 63.9 Å². The third kappa shape index (κ3) is 5.81. The number of aryl methyl sites for hydroxylation is 2. The van der Waals surface area contributed by atoms with Crippen LogP contribution >= 0.6 is 11.6 Å². The molecule has 0 radical (unpaired) electrons. The summed E-state index contributed by atoms with van der Waals surface area (Å²) in [6, 6.07) is 14.6. The molecule has 0 spiro atoms. The summed E-state index contributed by atoms with van der Waals surface area (Å²) in [5, 5.41) is 4.21. The highest BCUT2D eigenvalue weighted by Gasteiger charge is 2.20. The number of morpholine rings is 1. The van der Waals surface area contributed by atoms with Crippen LogP contribution in [0.5, 0.6) is 0 Å². The molecule has 2 aromatic heterocycles. The Morgan fingerprint density at radius 3 is 2.46 bits per heavy atom. The lowest BCUT2D eigenvalue weighted by Crippen LogP contribution is -2.35. The van der Waals surface area contributed by atoms with Crippen LogP contribution in [0.4, 0.5) is 0 Å². The van der Waals surface area contributed by atoms with E-state index in [-0.39, 0.29) is 24.1 Å². The van der Waals surface area contributed by atoms with Crippen molar-refractivity contribution in [3.05, 3.63) is 92.0 Å². The third-order valence-corrected chi connectivity index (χ3v) is 7.69. The van der Waals surface area contributed by atoms with Gasteiger partial charge in [0.25, 0.3) is 11.5 Å². The molecule has 7 nitrogen and oxygen atoms in total. The number of amides is 1. The molecular formula is C31H35ClN4O3. The molecule has 3 heterocycles. The van der Waals surface area contributed by atoms with Crippen molar-refractivity contribution in [3.8, 4) is 11.1 Å². The van der Waals surface area contributed by atoms with Crippen molar-refractivity contribution in [2.75, 3.05) is 26.3 Å². The van der Waals surface area contributed by atoms with Crippen molar-refractivity contribution in [1.29, 1.82) is 0 Å². The predicted octanol–water partition coefficient (Wildman–Crippen LogP) is 5.61. The molecule has 204 valence electrons. The Morgan fingerprint density at radius 2 is 1.79 bits per heavy atom. The van der Waals surface area contributed by atoms with E-state index in [9.17, 15) is 9.59 Å². The van der Waals surface area contributed by atoms with Gasteiger partial charge in [0, 0.05) is 55.1 Å². The van der Waals surface area contributed by atoms with Gasteiger partial charge in [0.15, 0.2) is 0 Å². The normalized spacial score (nSPS) is 14.3. The van der Waals surface area contributed by atoms with Gasteiger partial charge >= 0.3 is 0 Å². The van der Waals surface area contributed by atoms with E-state index in [0.717, 1.165) is 60.7 Å². The largest absolute Gasteiger partial charge is 0.379 e. The minimum Gasteiger partial charge on any atom is -0.379 e. The number of aromatic amines is 1. The lowest BCUT2D eigenvalue weighted by molar-refractivity contribution is 0.0342. The number of ether oxygens (including phenoxy) is 1. The highest BCUT2D eigenvalue weighted by atomic mass is 35.5. The van der Waals surface area contributed by atoms with Gasteiger partial charge < -0.3 is 19.6 Å². The van der Waals surface area contributed by atoms with Gasteiger partial charge in [-0.2, -0.15) is 0 Å². The van der Waals surface area contributed by atoms with E-state index in [1.165, 1.54) is 5.56 Å². The number of nitrogens with zero attached hydrogens (tertiary/aromatic N) is 2. The average Bonchev–Trinajstić information content (AvgIpc) is 3.25. The number of aromatic nitrogens is 2. The number of fused-ring (bicyclic) bond motifs is 1. The molecule has 0 saturated carbocycles. The summed E-state index contributed by atoms with van der Waals surface area (Å²) in [6.45, 7) is 12.4. The van der Waals surface area contributed by atoms with Crippen LogP contribution in [0.15, 0.2) is 53.5 Å². The van der Waals surface area contributed by atoms with E-state index in [1.54, 1.807) is 0 Å². The van der Waals surface area contributed by atoms with Crippen LogP contribution < -0.4 is 10.9 Å². The minimum atomic E-state index is -0.270. The van der Waals surface area contributed by atoms with E-state index in [4.69, 9.17) is 16.3 Å². The molecule has 0 bridgehead atoms. The molecule has 2 N–H and O–H groups in total.